The minimum atomic E-state index is -0.736. The standard InChI is InChI=1S/C11H16N2O3/c1-3-4-7-5-8(7)13-10(15)6(2)9(14)12-11(13)16/h6-8H,3-5H2,1-2H3,(H,12,14,16). The number of hydrogen-bond donors (Lipinski definition) is 1. The Bertz CT molecular complexity index is 353. The van der Waals surface area contributed by atoms with Gasteiger partial charge in [0.15, 0.2) is 0 Å². The number of carbonyl (C=O) groups is 3. The van der Waals surface area contributed by atoms with Crippen molar-refractivity contribution in [3.63, 3.8) is 0 Å². The van der Waals surface area contributed by atoms with Gasteiger partial charge in [0.2, 0.25) is 11.8 Å². The second-order valence-electron chi connectivity index (χ2n) is 4.58. The predicted octanol–water partition coefficient (Wildman–Crippen LogP) is 0.889. The quantitative estimate of drug-likeness (QED) is 0.724. The average molecular weight is 224 g/mol. The first kappa shape index (κ1) is 11.1. The summed E-state index contributed by atoms with van der Waals surface area (Å²) in [6.07, 6.45) is 2.97. The van der Waals surface area contributed by atoms with E-state index < -0.39 is 17.9 Å². The fourth-order valence-electron chi connectivity index (χ4n) is 2.24. The number of barbiturate groups is 1. The van der Waals surface area contributed by atoms with E-state index in [2.05, 4.69) is 12.2 Å². The molecule has 0 radical (unpaired) electrons. The molecule has 16 heavy (non-hydrogen) atoms. The van der Waals surface area contributed by atoms with Crippen LogP contribution >= 0.6 is 0 Å². The minimum absolute atomic E-state index is 0.0167. The van der Waals surface area contributed by atoms with Crippen molar-refractivity contribution in [2.24, 2.45) is 11.8 Å². The monoisotopic (exact) mass is 224 g/mol. The van der Waals surface area contributed by atoms with Gasteiger partial charge in [-0.05, 0) is 25.7 Å². The topological polar surface area (TPSA) is 66.5 Å². The predicted molar refractivity (Wildman–Crippen MR) is 56.4 cm³/mol. The summed E-state index contributed by atoms with van der Waals surface area (Å²) in [6.45, 7) is 3.62. The zero-order chi connectivity index (χ0) is 11.9. The molecule has 1 aliphatic carbocycles. The van der Waals surface area contributed by atoms with Crippen molar-refractivity contribution in [1.82, 2.24) is 10.2 Å². The van der Waals surface area contributed by atoms with Crippen LogP contribution < -0.4 is 5.32 Å². The summed E-state index contributed by atoms with van der Waals surface area (Å²) in [5.74, 6) is -1.14. The van der Waals surface area contributed by atoms with Gasteiger partial charge >= 0.3 is 6.03 Å². The zero-order valence-corrected chi connectivity index (χ0v) is 9.53. The molecule has 0 aromatic rings. The highest BCUT2D eigenvalue weighted by Crippen LogP contribution is 2.40. The van der Waals surface area contributed by atoms with E-state index in [-0.39, 0.29) is 11.9 Å². The van der Waals surface area contributed by atoms with E-state index in [0.29, 0.717) is 5.92 Å². The lowest BCUT2D eigenvalue weighted by Crippen LogP contribution is -2.58. The SMILES string of the molecule is CCCC1CC1N1C(=O)NC(=O)C(C)C1=O. The third-order valence-corrected chi connectivity index (χ3v) is 3.33. The fraction of sp³-hybridized carbons (Fsp3) is 0.727. The van der Waals surface area contributed by atoms with Gasteiger partial charge in [-0.25, -0.2) is 4.79 Å². The van der Waals surface area contributed by atoms with Gasteiger partial charge < -0.3 is 0 Å². The highest BCUT2D eigenvalue weighted by molar-refractivity contribution is 6.16. The number of amides is 4. The van der Waals surface area contributed by atoms with Crippen LogP contribution in [0.1, 0.15) is 33.1 Å². The molecule has 1 N–H and O–H groups in total. The molecule has 2 rings (SSSR count). The van der Waals surface area contributed by atoms with E-state index in [9.17, 15) is 14.4 Å². The summed E-state index contributed by atoms with van der Waals surface area (Å²) < 4.78 is 0. The first-order chi connectivity index (χ1) is 7.56. The van der Waals surface area contributed by atoms with Crippen LogP contribution in [0.3, 0.4) is 0 Å². The van der Waals surface area contributed by atoms with Crippen LogP contribution in [0.2, 0.25) is 0 Å². The van der Waals surface area contributed by atoms with E-state index in [1.54, 1.807) is 0 Å². The molecule has 4 amide bonds. The molecule has 1 aliphatic heterocycles. The zero-order valence-electron chi connectivity index (χ0n) is 9.53. The number of hydrogen-bond acceptors (Lipinski definition) is 3. The number of urea groups is 1. The van der Waals surface area contributed by atoms with Gasteiger partial charge in [-0.1, -0.05) is 13.3 Å². The molecule has 3 atom stereocenters. The molecular weight excluding hydrogens is 208 g/mol. The average Bonchev–Trinajstić information content (AvgIpc) is 2.95. The number of rotatable bonds is 3. The molecule has 5 nitrogen and oxygen atoms in total. The van der Waals surface area contributed by atoms with Crippen LogP contribution in [0.25, 0.3) is 0 Å². The van der Waals surface area contributed by atoms with Crippen LogP contribution in [0.15, 0.2) is 0 Å². The maximum Gasteiger partial charge on any atom is 0.331 e. The third kappa shape index (κ3) is 1.70. The molecule has 0 aromatic heterocycles. The number of carbonyl (C=O) groups excluding carboxylic acids is 3. The van der Waals surface area contributed by atoms with Crippen LogP contribution in [0.5, 0.6) is 0 Å². The first-order valence-electron chi connectivity index (χ1n) is 5.74. The molecule has 5 heteroatoms. The van der Waals surface area contributed by atoms with E-state index in [1.165, 1.54) is 11.8 Å². The largest absolute Gasteiger partial charge is 0.331 e. The Labute approximate surface area is 94.2 Å². The molecule has 0 spiro atoms. The summed E-state index contributed by atoms with van der Waals surface area (Å²) in [5, 5.41) is 2.22. The fourth-order valence-corrected chi connectivity index (χ4v) is 2.24. The third-order valence-electron chi connectivity index (χ3n) is 3.33. The van der Waals surface area contributed by atoms with Crippen molar-refractivity contribution in [1.29, 1.82) is 0 Å². The molecule has 3 unspecified atom stereocenters. The first-order valence-corrected chi connectivity index (χ1v) is 5.74. The summed E-state index contributed by atoms with van der Waals surface area (Å²) in [4.78, 5) is 35.9. The smallest absolute Gasteiger partial charge is 0.277 e. The van der Waals surface area contributed by atoms with Crippen molar-refractivity contribution in [2.45, 2.75) is 39.2 Å². The van der Waals surface area contributed by atoms with Gasteiger partial charge in [0, 0.05) is 6.04 Å². The van der Waals surface area contributed by atoms with Crippen LogP contribution in [-0.2, 0) is 9.59 Å². The van der Waals surface area contributed by atoms with E-state index in [0.717, 1.165) is 19.3 Å². The van der Waals surface area contributed by atoms with Crippen LogP contribution in [-0.4, -0.2) is 28.8 Å². The van der Waals surface area contributed by atoms with E-state index in [4.69, 9.17) is 0 Å². The number of nitrogens with zero attached hydrogens (tertiary/aromatic N) is 1. The molecule has 0 aromatic carbocycles. The molecule has 0 bridgehead atoms. The Morgan fingerprint density at radius 1 is 1.38 bits per heavy atom. The Morgan fingerprint density at radius 3 is 2.69 bits per heavy atom. The van der Waals surface area contributed by atoms with Crippen molar-refractivity contribution >= 4 is 17.8 Å². The van der Waals surface area contributed by atoms with Gasteiger partial charge in [0.1, 0.15) is 5.92 Å². The molecule has 2 fully saturated rings. The minimum Gasteiger partial charge on any atom is -0.277 e. The number of imide groups is 2. The van der Waals surface area contributed by atoms with Gasteiger partial charge in [-0.15, -0.1) is 0 Å². The number of nitrogens with one attached hydrogen (secondary N) is 1. The Balaban J connectivity index is 2.07. The summed E-state index contributed by atoms with van der Waals surface area (Å²) in [5.41, 5.74) is 0. The van der Waals surface area contributed by atoms with E-state index >= 15 is 0 Å². The van der Waals surface area contributed by atoms with Gasteiger partial charge in [-0.3, -0.25) is 19.8 Å². The highest BCUT2D eigenvalue weighted by atomic mass is 16.2. The maximum absolute atomic E-state index is 11.8. The second-order valence-corrected chi connectivity index (χ2v) is 4.58. The summed E-state index contributed by atoms with van der Waals surface area (Å²) >= 11 is 0. The Hall–Kier alpha value is -1.39. The molecule has 1 heterocycles. The lowest BCUT2D eigenvalue weighted by molar-refractivity contribution is -0.142. The van der Waals surface area contributed by atoms with Gasteiger partial charge in [-0.2, -0.15) is 0 Å². The van der Waals surface area contributed by atoms with Crippen molar-refractivity contribution < 1.29 is 14.4 Å². The van der Waals surface area contributed by atoms with Gasteiger partial charge in [0.25, 0.3) is 0 Å². The lowest BCUT2D eigenvalue weighted by atomic mass is 10.1. The maximum atomic E-state index is 11.8. The van der Waals surface area contributed by atoms with Crippen molar-refractivity contribution in [3.8, 4) is 0 Å². The molecule has 2 aliphatic rings. The van der Waals surface area contributed by atoms with E-state index in [1.807, 2.05) is 0 Å². The Morgan fingerprint density at radius 2 is 2.06 bits per heavy atom. The summed E-state index contributed by atoms with van der Waals surface area (Å²) in [6, 6.07) is -0.528. The van der Waals surface area contributed by atoms with Crippen molar-refractivity contribution in [3.05, 3.63) is 0 Å². The molecule has 1 saturated heterocycles. The Kier molecular flexibility index (Phi) is 2.69. The highest BCUT2D eigenvalue weighted by Gasteiger charge is 2.50. The molecule has 88 valence electrons. The molecular formula is C11H16N2O3. The second kappa shape index (κ2) is 3.88. The molecule has 1 saturated carbocycles. The summed E-state index contributed by atoms with van der Waals surface area (Å²) in [7, 11) is 0. The normalized spacial score (nSPS) is 34.0. The van der Waals surface area contributed by atoms with Crippen LogP contribution in [0.4, 0.5) is 4.79 Å². The van der Waals surface area contributed by atoms with Crippen molar-refractivity contribution in [2.75, 3.05) is 0 Å². The van der Waals surface area contributed by atoms with Gasteiger partial charge in [0.05, 0.1) is 0 Å². The van der Waals surface area contributed by atoms with Crippen LogP contribution in [0, 0.1) is 11.8 Å². The lowest BCUT2D eigenvalue weighted by Gasteiger charge is -2.28.